The number of nitrogens with zero attached hydrogens (tertiary/aromatic N) is 4. The molecule has 0 aliphatic carbocycles. The summed E-state index contributed by atoms with van der Waals surface area (Å²) in [4.78, 5) is 54.0. The summed E-state index contributed by atoms with van der Waals surface area (Å²) in [5.41, 5.74) is 0. The average Bonchev–Trinajstić information content (AvgIpc) is 2.41. The van der Waals surface area contributed by atoms with Crippen LogP contribution in [0.25, 0.3) is 0 Å². The van der Waals surface area contributed by atoms with Crippen molar-refractivity contribution in [2.45, 2.75) is 12.1 Å². The van der Waals surface area contributed by atoms with Crippen LogP contribution in [0, 0.1) is 0 Å². The van der Waals surface area contributed by atoms with E-state index in [-0.39, 0.29) is 49.8 Å². The summed E-state index contributed by atoms with van der Waals surface area (Å²) in [6, 6.07) is -1.31. The number of carbonyl (C=O) groups excluding carboxylic acids is 4. The summed E-state index contributed by atoms with van der Waals surface area (Å²) in [6.07, 6.45) is 0. The van der Waals surface area contributed by atoms with Crippen molar-refractivity contribution in [3.8, 4) is 0 Å². The highest BCUT2D eigenvalue weighted by molar-refractivity contribution is 6.03. The number of likely N-dealkylation sites (N-methyl/N-ethyl adjacent to an activating group) is 2. The topological polar surface area (TPSA) is 81.2 Å². The quantitative estimate of drug-likeness (QED) is 0.485. The zero-order valence-electron chi connectivity index (χ0n) is 11.4. The Balaban J connectivity index is 1.92. The van der Waals surface area contributed by atoms with Crippen molar-refractivity contribution in [3.63, 3.8) is 0 Å². The smallest absolute Gasteiger partial charge is 0.248 e. The standard InChI is InChI=1S/C12H16N4O4/c1-13-3-7-11(19)16-6-10(18)14(2)4-8(16)12(20)15(7)5-9(13)17/h7-8H,3-6H2,1-2H3. The lowest BCUT2D eigenvalue weighted by Gasteiger charge is -2.50. The van der Waals surface area contributed by atoms with Gasteiger partial charge in [0.05, 0.1) is 0 Å². The lowest BCUT2D eigenvalue weighted by Crippen LogP contribution is -2.74. The molecule has 3 aliphatic rings. The Bertz CT molecular complexity index is 474. The Morgan fingerprint density at radius 3 is 1.45 bits per heavy atom. The van der Waals surface area contributed by atoms with Gasteiger partial charge in [0.15, 0.2) is 0 Å². The van der Waals surface area contributed by atoms with E-state index in [1.54, 1.807) is 14.1 Å². The number of carbonyl (C=O) groups is 4. The summed E-state index contributed by atoms with van der Waals surface area (Å²) < 4.78 is 0. The molecule has 0 spiro atoms. The molecular weight excluding hydrogens is 264 g/mol. The van der Waals surface area contributed by atoms with Crippen LogP contribution < -0.4 is 0 Å². The van der Waals surface area contributed by atoms with E-state index in [2.05, 4.69) is 0 Å². The number of fused-ring (bicyclic) bond motifs is 2. The van der Waals surface area contributed by atoms with Crippen LogP contribution in [0.4, 0.5) is 0 Å². The molecule has 0 N–H and O–H groups in total. The molecule has 3 aliphatic heterocycles. The van der Waals surface area contributed by atoms with Crippen LogP contribution in [-0.2, 0) is 19.2 Å². The van der Waals surface area contributed by atoms with E-state index in [1.165, 1.54) is 19.6 Å². The fraction of sp³-hybridized carbons (Fsp3) is 0.667. The maximum atomic E-state index is 12.5. The second-order valence-electron chi connectivity index (χ2n) is 5.51. The Labute approximate surface area is 115 Å². The molecule has 3 fully saturated rings. The lowest BCUT2D eigenvalue weighted by molar-refractivity contribution is -0.174. The third-order valence-corrected chi connectivity index (χ3v) is 4.25. The van der Waals surface area contributed by atoms with E-state index in [1.807, 2.05) is 0 Å². The summed E-state index contributed by atoms with van der Waals surface area (Å²) in [6.45, 7) is 0.259. The molecule has 8 nitrogen and oxygen atoms in total. The van der Waals surface area contributed by atoms with Gasteiger partial charge in [-0.05, 0) is 0 Å². The van der Waals surface area contributed by atoms with Crippen molar-refractivity contribution in [1.29, 1.82) is 0 Å². The van der Waals surface area contributed by atoms with Crippen molar-refractivity contribution in [2.24, 2.45) is 0 Å². The molecule has 108 valence electrons. The number of rotatable bonds is 0. The number of hydrogen-bond acceptors (Lipinski definition) is 4. The minimum atomic E-state index is -0.655. The molecule has 0 bridgehead atoms. The molecule has 3 heterocycles. The molecule has 0 aromatic rings. The predicted octanol–water partition coefficient (Wildman–Crippen LogP) is -2.66. The molecule has 0 aromatic carbocycles. The minimum Gasteiger partial charge on any atom is -0.342 e. The number of hydrogen-bond donors (Lipinski definition) is 0. The van der Waals surface area contributed by atoms with Crippen LogP contribution in [0.15, 0.2) is 0 Å². The van der Waals surface area contributed by atoms with Gasteiger partial charge in [-0.2, -0.15) is 0 Å². The normalized spacial score (nSPS) is 30.7. The Morgan fingerprint density at radius 2 is 1.10 bits per heavy atom. The van der Waals surface area contributed by atoms with Crippen molar-refractivity contribution >= 4 is 23.6 Å². The Hall–Kier alpha value is -2.12. The summed E-state index contributed by atoms with van der Waals surface area (Å²) in [5.74, 6) is -0.821. The van der Waals surface area contributed by atoms with Gasteiger partial charge in [0.2, 0.25) is 23.6 Å². The highest BCUT2D eigenvalue weighted by Crippen LogP contribution is 2.24. The van der Waals surface area contributed by atoms with Crippen LogP contribution in [0.1, 0.15) is 0 Å². The number of piperazine rings is 3. The van der Waals surface area contributed by atoms with Gasteiger partial charge in [-0.3, -0.25) is 19.2 Å². The lowest BCUT2D eigenvalue weighted by atomic mass is 9.99. The van der Waals surface area contributed by atoms with Gasteiger partial charge < -0.3 is 19.6 Å². The summed E-state index contributed by atoms with van der Waals surface area (Å²) in [7, 11) is 3.22. The zero-order valence-corrected chi connectivity index (χ0v) is 11.4. The van der Waals surface area contributed by atoms with Crippen molar-refractivity contribution < 1.29 is 19.2 Å². The summed E-state index contributed by atoms with van der Waals surface area (Å²) in [5, 5.41) is 0. The fourth-order valence-corrected chi connectivity index (χ4v) is 2.94. The van der Waals surface area contributed by atoms with Gasteiger partial charge in [-0.15, -0.1) is 0 Å². The summed E-state index contributed by atoms with van der Waals surface area (Å²) >= 11 is 0. The molecule has 3 saturated heterocycles. The third kappa shape index (κ3) is 1.67. The SMILES string of the molecule is CN1CC2C(=O)N3CC(=O)N(C)CC3C(=O)N2CC1=O. The van der Waals surface area contributed by atoms with Crippen molar-refractivity contribution in [3.05, 3.63) is 0 Å². The highest BCUT2D eigenvalue weighted by Gasteiger charge is 2.51. The molecule has 0 radical (unpaired) electrons. The first-order valence-corrected chi connectivity index (χ1v) is 6.49. The average molecular weight is 280 g/mol. The second kappa shape index (κ2) is 4.19. The molecule has 2 unspecified atom stereocenters. The van der Waals surface area contributed by atoms with Gasteiger partial charge in [-0.25, -0.2) is 0 Å². The first-order valence-electron chi connectivity index (χ1n) is 6.49. The van der Waals surface area contributed by atoms with E-state index in [4.69, 9.17) is 0 Å². The van der Waals surface area contributed by atoms with Crippen molar-refractivity contribution in [2.75, 3.05) is 40.3 Å². The van der Waals surface area contributed by atoms with Crippen LogP contribution in [0.3, 0.4) is 0 Å². The van der Waals surface area contributed by atoms with Gasteiger partial charge >= 0.3 is 0 Å². The Kier molecular flexibility index (Phi) is 2.70. The van der Waals surface area contributed by atoms with Crippen LogP contribution in [-0.4, -0.2) is 95.6 Å². The van der Waals surface area contributed by atoms with E-state index < -0.39 is 12.1 Å². The van der Waals surface area contributed by atoms with E-state index in [9.17, 15) is 19.2 Å². The molecule has 0 aromatic heterocycles. The zero-order chi connectivity index (χ0) is 14.6. The Morgan fingerprint density at radius 1 is 0.750 bits per heavy atom. The minimum absolute atomic E-state index is 0.0618. The maximum absolute atomic E-state index is 12.5. The van der Waals surface area contributed by atoms with Gasteiger partial charge in [0, 0.05) is 27.2 Å². The van der Waals surface area contributed by atoms with E-state index in [0.717, 1.165) is 0 Å². The van der Waals surface area contributed by atoms with Crippen LogP contribution >= 0.6 is 0 Å². The fourth-order valence-electron chi connectivity index (χ4n) is 2.94. The van der Waals surface area contributed by atoms with Crippen LogP contribution in [0.2, 0.25) is 0 Å². The van der Waals surface area contributed by atoms with Gasteiger partial charge in [0.25, 0.3) is 0 Å². The largest absolute Gasteiger partial charge is 0.342 e. The highest BCUT2D eigenvalue weighted by atomic mass is 16.2. The van der Waals surface area contributed by atoms with E-state index >= 15 is 0 Å². The monoisotopic (exact) mass is 280 g/mol. The third-order valence-electron chi connectivity index (χ3n) is 4.25. The molecular formula is C12H16N4O4. The van der Waals surface area contributed by atoms with Gasteiger partial charge in [-0.1, -0.05) is 0 Å². The molecule has 20 heavy (non-hydrogen) atoms. The first kappa shape index (κ1) is 12.9. The molecule has 4 amide bonds. The molecule has 2 atom stereocenters. The van der Waals surface area contributed by atoms with E-state index in [0.29, 0.717) is 0 Å². The maximum Gasteiger partial charge on any atom is 0.248 e. The molecule has 3 rings (SSSR count). The predicted molar refractivity (Wildman–Crippen MR) is 66.3 cm³/mol. The van der Waals surface area contributed by atoms with Crippen LogP contribution in [0.5, 0.6) is 0 Å². The first-order chi connectivity index (χ1) is 9.40. The molecule has 0 saturated carbocycles. The molecule has 8 heteroatoms. The second-order valence-corrected chi connectivity index (χ2v) is 5.51. The number of amides is 4. The van der Waals surface area contributed by atoms with Crippen molar-refractivity contribution in [1.82, 2.24) is 19.6 Å². The van der Waals surface area contributed by atoms with Gasteiger partial charge in [0.1, 0.15) is 25.2 Å².